The second-order valence-electron chi connectivity index (χ2n) is 9.16. The topological polar surface area (TPSA) is 310 Å². The Labute approximate surface area is 236 Å². The van der Waals surface area contributed by atoms with Gasteiger partial charge in [-0.05, 0) is 0 Å². The first-order chi connectivity index (χ1) is 19.7. The Bertz CT molecular complexity index is 1320. The van der Waals surface area contributed by atoms with E-state index in [-0.39, 0.29) is 11.3 Å². The van der Waals surface area contributed by atoms with Crippen molar-refractivity contribution in [3.05, 3.63) is 12.7 Å². The number of methoxy groups -OCH3 is 2. The second-order valence-corrected chi connectivity index (χ2v) is 12.2. The van der Waals surface area contributed by atoms with Crippen LogP contribution in [0.1, 0.15) is 6.23 Å². The van der Waals surface area contributed by atoms with Crippen LogP contribution in [0.25, 0.3) is 11.2 Å². The number of hydrogen-bond donors (Lipinski definition) is 8. The van der Waals surface area contributed by atoms with Gasteiger partial charge in [-0.25, -0.2) is 24.1 Å². The van der Waals surface area contributed by atoms with Crippen LogP contribution in [-0.4, -0.2) is 137 Å². The van der Waals surface area contributed by atoms with Crippen molar-refractivity contribution in [1.29, 1.82) is 0 Å². The minimum atomic E-state index is -5.61. The Morgan fingerprint density at radius 3 is 2.36 bits per heavy atom. The van der Waals surface area contributed by atoms with Gasteiger partial charge in [-0.15, -0.1) is 0 Å². The van der Waals surface area contributed by atoms with E-state index in [2.05, 4.69) is 23.8 Å². The summed E-state index contributed by atoms with van der Waals surface area (Å²) in [5.74, 6) is 0.111. The average molecular weight is 647 g/mol. The number of aliphatic hydroxyl groups is 5. The number of anilines is 1. The predicted octanol–water partition coefficient (Wildman–Crippen LogP) is -3.25. The van der Waals surface area contributed by atoms with Gasteiger partial charge in [-0.3, -0.25) is 13.6 Å². The number of imidazole rings is 1. The highest BCUT2D eigenvalue weighted by atomic mass is 31.3. The first-order valence-corrected chi connectivity index (χ1v) is 15.0. The first-order valence-electron chi connectivity index (χ1n) is 12.1. The van der Waals surface area contributed by atoms with E-state index < -0.39 is 90.2 Å². The highest BCUT2D eigenvalue weighted by molar-refractivity contribution is 7.61. The minimum Gasteiger partial charge on any atom is -0.394 e. The molecule has 0 spiro atoms. The molecule has 0 radical (unpaired) electrons. The average Bonchev–Trinajstić information content (AvgIpc) is 3.52. The van der Waals surface area contributed by atoms with Crippen LogP contribution in [0.3, 0.4) is 0 Å². The fourth-order valence-corrected chi connectivity index (χ4v) is 6.67. The van der Waals surface area contributed by atoms with Crippen LogP contribution in [0.5, 0.6) is 0 Å². The number of fused-ring (bicyclic) bond motifs is 1. The molecule has 9 N–H and O–H groups in total. The molecule has 0 aromatic carbocycles. The van der Waals surface area contributed by atoms with Crippen molar-refractivity contribution in [2.75, 3.05) is 33.2 Å². The summed E-state index contributed by atoms with van der Waals surface area (Å²) in [5.41, 5.74) is 6.40. The van der Waals surface area contributed by atoms with E-state index in [9.17, 15) is 39.3 Å². The van der Waals surface area contributed by atoms with E-state index in [1.54, 1.807) is 0 Å². The highest BCUT2D eigenvalue weighted by Crippen LogP contribution is 2.61. The van der Waals surface area contributed by atoms with Gasteiger partial charge in [0, 0.05) is 14.2 Å². The fourth-order valence-electron chi connectivity index (χ4n) is 4.51. The number of phosphoric acid groups is 2. The molecule has 2 aliphatic heterocycles. The first kappa shape index (κ1) is 33.1. The Hall–Kier alpha value is -1.75. The van der Waals surface area contributed by atoms with Crippen molar-refractivity contribution >= 4 is 32.6 Å². The van der Waals surface area contributed by atoms with Crippen LogP contribution in [-0.2, 0) is 41.4 Å². The second kappa shape index (κ2) is 13.1. The normalized spacial score (nSPS) is 35.6. The third kappa shape index (κ3) is 6.81. The van der Waals surface area contributed by atoms with Crippen LogP contribution in [0.2, 0.25) is 0 Å². The van der Waals surface area contributed by atoms with Crippen LogP contribution in [0, 0.1) is 0 Å². The Morgan fingerprint density at radius 1 is 1.02 bits per heavy atom. The molecule has 21 nitrogen and oxygen atoms in total. The van der Waals surface area contributed by atoms with Crippen molar-refractivity contribution in [1.82, 2.24) is 19.5 Å². The number of hydrogen-bond acceptors (Lipinski definition) is 18. The van der Waals surface area contributed by atoms with E-state index in [1.807, 2.05) is 0 Å². The molecule has 7 unspecified atom stereocenters. The summed E-state index contributed by atoms with van der Waals surface area (Å²) < 4.78 is 62.1. The molecule has 4 rings (SSSR count). The molecule has 0 amide bonds. The number of rotatable bonds is 12. The summed E-state index contributed by atoms with van der Waals surface area (Å²) in [6, 6.07) is 0. The summed E-state index contributed by atoms with van der Waals surface area (Å²) in [5, 5.41) is 48.8. The monoisotopic (exact) mass is 647 g/mol. The largest absolute Gasteiger partial charge is 0.483 e. The molecule has 2 fully saturated rings. The molecule has 0 saturated carbocycles. The number of aliphatic hydroxyl groups excluding tert-OH is 5. The van der Waals surface area contributed by atoms with Crippen molar-refractivity contribution in [3.63, 3.8) is 0 Å². The lowest BCUT2D eigenvalue weighted by Gasteiger charge is -2.41. The summed E-state index contributed by atoms with van der Waals surface area (Å²) >= 11 is 0. The number of ether oxygens (including phenoxy) is 4. The number of nitrogens with zero attached hydrogens (tertiary/aromatic N) is 4. The molecular formula is C19H31N5O16P2. The van der Waals surface area contributed by atoms with E-state index in [1.165, 1.54) is 31.4 Å². The van der Waals surface area contributed by atoms with E-state index >= 15 is 0 Å². The standard InChI is InChI=1S/C19H31N5O16P2/c1-34-14-8(37-18(15(14)35-2)24-6-23-9-16(20)21-5-22-17(9)24)4-36-41(30,31)40-42(32,33)39-19-12(29)10(27)11(28)13(38-19)7(26)3-25/h5-8,10-15,18-19,25-29H,3-4H2,1-2H3,(H,30,31)(H,32,33)(H2,20,21,22)/t7-,8-,10?,11+,12?,13?,14?,15?,18-,19+/m1/s1. The molecule has 2 aromatic rings. The zero-order chi connectivity index (χ0) is 31.0. The van der Waals surface area contributed by atoms with E-state index in [0.29, 0.717) is 5.65 Å². The van der Waals surface area contributed by atoms with Crippen molar-refractivity contribution in [3.8, 4) is 0 Å². The highest BCUT2D eigenvalue weighted by Gasteiger charge is 2.51. The molecule has 42 heavy (non-hydrogen) atoms. The zero-order valence-electron chi connectivity index (χ0n) is 21.9. The smallest absolute Gasteiger partial charge is 0.394 e. The Kier molecular flexibility index (Phi) is 10.3. The fraction of sp³-hybridized carbons (Fsp3) is 0.737. The van der Waals surface area contributed by atoms with Crippen molar-refractivity contribution in [2.45, 2.75) is 61.3 Å². The maximum Gasteiger partial charge on any atom is 0.483 e. The summed E-state index contributed by atoms with van der Waals surface area (Å²) in [6.07, 6.45) is -13.3. The van der Waals surface area contributed by atoms with Crippen LogP contribution in [0.15, 0.2) is 12.7 Å². The van der Waals surface area contributed by atoms with Gasteiger partial charge in [0.1, 0.15) is 60.7 Å². The lowest BCUT2D eigenvalue weighted by molar-refractivity contribution is -0.292. The maximum atomic E-state index is 12.6. The number of nitrogens with two attached hydrogens (primary N) is 1. The minimum absolute atomic E-state index is 0.111. The number of aromatic nitrogens is 4. The predicted molar refractivity (Wildman–Crippen MR) is 133 cm³/mol. The molecule has 2 saturated heterocycles. The summed E-state index contributed by atoms with van der Waals surface area (Å²) in [4.78, 5) is 32.4. The van der Waals surface area contributed by atoms with Gasteiger partial charge in [0.15, 0.2) is 24.0 Å². The van der Waals surface area contributed by atoms with Crippen LogP contribution >= 0.6 is 15.6 Å². The molecule has 0 aliphatic carbocycles. The van der Waals surface area contributed by atoms with Gasteiger partial charge in [0.2, 0.25) is 0 Å². The molecule has 0 bridgehead atoms. The van der Waals surface area contributed by atoms with Crippen molar-refractivity contribution in [2.24, 2.45) is 0 Å². The summed E-state index contributed by atoms with van der Waals surface area (Å²) in [7, 11) is -8.36. The van der Waals surface area contributed by atoms with Crippen LogP contribution in [0.4, 0.5) is 5.82 Å². The van der Waals surface area contributed by atoms with Crippen molar-refractivity contribution < 1.29 is 76.8 Å². The molecule has 2 aliphatic rings. The van der Waals surface area contributed by atoms with Gasteiger partial charge in [-0.2, -0.15) is 4.31 Å². The van der Waals surface area contributed by atoms with Gasteiger partial charge in [-0.1, -0.05) is 0 Å². The van der Waals surface area contributed by atoms with Gasteiger partial charge >= 0.3 is 15.6 Å². The lowest BCUT2D eigenvalue weighted by Crippen LogP contribution is -2.61. The maximum absolute atomic E-state index is 12.6. The molecular weight excluding hydrogens is 616 g/mol. The third-order valence-electron chi connectivity index (χ3n) is 6.51. The lowest BCUT2D eigenvalue weighted by atomic mass is 9.96. The van der Waals surface area contributed by atoms with Crippen LogP contribution < -0.4 is 5.73 Å². The van der Waals surface area contributed by atoms with Gasteiger partial charge in [0.05, 0.1) is 19.5 Å². The van der Waals surface area contributed by atoms with E-state index in [0.717, 1.165) is 0 Å². The van der Waals surface area contributed by atoms with Gasteiger partial charge in [0.25, 0.3) is 0 Å². The zero-order valence-corrected chi connectivity index (χ0v) is 23.7. The Balaban J connectivity index is 1.43. The number of nitrogen functional groups attached to an aromatic ring is 1. The van der Waals surface area contributed by atoms with Gasteiger partial charge < -0.3 is 60.0 Å². The molecule has 23 heteroatoms. The number of phosphoric ester groups is 2. The molecule has 238 valence electrons. The van der Waals surface area contributed by atoms with E-state index in [4.69, 9.17) is 34.3 Å². The third-order valence-corrected chi connectivity index (χ3v) is 9.11. The molecule has 4 heterocycles. The SMILES string of the molecule is COC1C(OC)[C@@H](COP(=O)(O)OP(=O)(O)O[C@@H]2OC([C@H](O)CO)[C@@H](O)C(O)C2O)O[C@H]1n1cnc2c(N)ncnc21. The molecule has 2 aromatic heterocycles. The summed E-state index contributed by atoms with van der Waals surface area (Å²) in [6.45, 7) is -1.70. The molecule has 12 atom stereocenters. The quantitative estimate of drug-likeness (QED) is 0.105. The Morgan fingerprint density at radius 2 is 1.71 bits per heavy atom.